The molecule has 2 aromatic carbocycles. The van der Waals surface area contributed by atoms with Gasteiger partial charge in [0.25, 0.3) is 5.91 Å². The van der Waals surface area contributed by atoms with E-state index in [1.807, 2.05) is 19.1 Å². The van der Waals surface area contributed by atoms with Gasteiger partial charge in [0.05, 0.1) is 23.7 Å². The summed E-state index contributed by atoms with van der Waals surface area (Å²) in [5.41, 5.74) is 0.609. The maximum Gasteiger partial charge on any atom is 0.416 e. The number of esters is 1. The third-order valence-corrected chi connectivity index (χ3v) is 4.85. The minimum absolute atomic E-state index is 0.218. The molecule has 0 fully saturated rings. The van der Waals surface area contributed by atoms with Crippen LogP contribution in [-0.2, 0) is 22.1 Å². The number of pyridine rings is 1. The number of benzene rings is 2. The van der Waals surface area contributed by atoms with Crippen molar-refractivity contribution in [3.63, 3.8) is 0 Å². The molecule has 1 aromatic heterocycles. The molecule has 1 amide bonds. The van der Waals surface area contributed by atoms with Crippen molar-refractivity contribution >= 4 is 17.6 Å². The molecule has 3 aromatic rings. The quantitative estimate of drug-likeness (QED) is 0.414. The zero-order valence-electron chi connectivity index (χ0n) is 18.6. The fraction of sp³-hybridized carbons (Fsp3) is 0.240. The molecule has 178 valence electrons. The van der Waals surface area contributed by atoms with Crippen molar-refractivity contribution in [3.05, 3.63) is 83.6 Å². The lowest BCUT2D eigenvalue weighted by Gasteiger charge is -2.11. The Morgan fingerprint density at radius 2 is 1.68 bits per heavy atom. The lowest BCUT2D eigenvalue weighted by Crippen LogP contribution is -2.16. The molecular weight excluding hydrogens is 449 g/mol. The molecule has 3 rings (SSSR count). The van der Waals surface area contributed by atoms with Crippen LogP contribution in [0.15, 0.2) is 66.9 Å². The molecule has 0 spiro atoms. The lowest BCUT2D eigenvalue weighted by atomic mass is 10.0. The minimum Gasteiger partial charge on any atom is -0.466 e. The highest BCUT2D eigenvalue weighted by Crippen LogP contribution is 2.30. The first kappa shape index (κ1) is 24.8. The Kier molecular flexibility index (Phi) is 7.88. The highest BCUT2D eigenvalue weighted by Gasteiger charge is 2.30. The van der Waals surface area contributed by atoms with Gasteiger partial charge in [0.1, 0.15) is 5.75 Å². The summed E-state index contributed by atoms with van der Waals surface area (Å²) in [5, 5.41) is 2.52. The average molecular weight is 472 g/mol. The number of hydrogen-bond donors (Lipinski definition) is 1. The van der Waals surface area contributed by atoms with Gasteiger partial charge in [-0.2, -0.15) is 13.2 Å². The standard InChI is InChI=1S/C25H23F3N2O4/c1-3-33-24(32)16(2)14-17-4-11-21(12-5-17)34-22-13-6-18(15-29-22)23(31)30-20-9-7-19(8-10-20)25(26,27)28/h4-13,15-16H,3,14H2,1-2H3,(H,30,31). The van der Waals surface area contributed by atoms with Crippen LogP contribution in [0.2, 0.25) is 0 Å². The molecule has 1 heterocycles. The largest absolute Gasteiger partial charge is 0.466 e. The van der Waals surface area contributed by atoms with Crippen LogP contribution in [0.4, 0.5) is 18.9 Å². The molecule has 0 aliphatic carbocycles. The molecule has 0 saturated heterocycles. The van der Waals surface area contributed by atoms with E-state index >= 15 is 0 Å². The van der Waals surface area contributed by atoms with Gasteiger partial charge in [0.15, 0.2) is 0 Å². The molecule has 0 saturated carbocycles. The Hall–Kier alpha value is -3.88. The predicted molar refractivity (Wildman–Crippen MR) is 120 cm³/mol. The van der Waals surface area contributed by atoms with E-state index in [2.05, 4.69) is 10.3 Å². The average Bonchev–Trinajstić information content (AvgIpc) is 2.80. The number of amides is 1. The van der Waals surface area contributed by atoms with Crippen LogP contribution >= 0.6 is 0 Å². The lowest BCUT2D eigenvalue weighted by molar-refractivity contribution is -0.147. The first-order valence-electron chi connectivity index (χ1n) is 10.5. The van der Waals surface area contributed by atoms with Crippen LogP contribution in [0.5, 0.6) is 11.6 Å². The zero-order valence-corrected chi connectivity index (χ0v) is 18.6. The predicted octanol–water partition coefficient (Wildman–Crippen LogP) is 5.89. The Morgan fingerprint density at radius 3 is 2.24 bits per heavy atom. The maximum atomic E-state index is 12.6. The van der Waals surface area contributed by atoms with Crippen molar-refractivity contribution in [2.24, 2.45) is 5.92 Å². The number of ether oxygens (including phenoxy) is 2. The van der Waals surface area contributed by atoms with Crippen molar-refractivity contribution < 1.29 is 32.2 Å². The Balaban J connectivity index is 1.56. The molecular formula is C25H23F3N2O4. The van der Waals surface area contributed by atoms with Gasteiger partial charge in [0, 0.05) is 18.0 Å². The molecule has 1 N–H and O–H groups in total. The number of aromatic nitrogens is 1. The van der Waals surface area contributed by atoms with E-state index in [0.29, 0.717) is 18.8 Å². The molecule has 34 heavy (non-hydrogen) atoms. The van der Waals surface area contributed by atoms with E-state index in [1.54, 1.807) is 19.1 Å². The monoisotopic (exact) mass is 472 g/mol. The number of alkyl halides is 3. The third-order valence-electron chi connectivity index (χ3n) is 4.85. The summed E-state index contributed by atoms with van der Waals surface area (Å²) >= 11 is 0. The molecule has 6 nitrogen and oxygen atoms in total. The first-order chi connectivity index (χ1) is 16.2. The second-order valence-electron chi connectivity index (χ2n) is 7.52. The third kappa shape index (κ3) is 6.81. The van der Waals surface area contributed by atoms with E-state index in [4.69, 9.17) is 9.47 Å². The second kappa shape index (κ2) is 10.8. The summed E-state index contributed by atoms with van der Waals surface area (Å²) in [7, 11) is 0. The number of anilines is 1. The molecule has 0 aliphatic heterocycles. The number of carbonyl (C=O) groups excluding carboxylic acids is 2. The summed E-state index contributed by atoms with van der Waals surface area (Å²) in [6.07, 6.45) is -2.59. The SMILES string of the molecule is CCOC(=O)C(C)Cc1ccc(Oc2ccc(C(=O)Nc3ccc(C(F)(F)F)cc3)cn2)cc1. The van der Waals surface area contributed by atoms with Crippen molar-refractivity contribution in [3.8, 4) is 11.6 Å². The van der Waals surface area contributed by atoms with E-state index in [9.17, 15) is 22.8 Å². The van der Waals surface area contributed by atoms with Gasteiger partial charge < -0.3 is 14.8 Å². The van der Waals surface area contributed by atoms with Gasteiger partial charge in [-0.05, 0) is 61.4 Å². The number of halogens is 3. The molecule has 9 heteroatoms. The Bertz CT molecular complexity index is 1110. The van der Waals surface area contributed by atoms with Gasteiger partial charge >= 0.3 is 12.1 Å². The number of carbonyl (C=O) groups is 2. The highest BCUT2D eigenvalue weighted by atomic mass is 19.4. The molecule has 0 radical (unpaired) electrons. The number of rotatable bonds is 8. The van der Waals surface area contributed by atoms with Crippen molar-refractivity contribution in [1.29, 1.82) is 0 Å². The van der Waals surface area contributed by atoms with Gasteiger partial charge in [-0.1, -0.05) is 19.1 Å². The van der Waals surface area contributed by atoms with Crippen LogP contribution in [-0.4, -0.2) is 23.5 Å². The van der Waals surface area contributed by atoms with Gasteiger partial charge in [0.2, 0.25) is 5.88 Å². The summed E-state index contributed by atoms with van der Waals surface area (Å²) in [6.45, 7) is 3.92. The van der Waals surface area contributed by atoms with E-state index < -0.39 is 17.6 Å². The normalized spacial score (nSPS) is 12.0. The van der Waals surface area contributed by atoms with Crippen LogP contribution < -0.4 is 10.1 Å². The van der Waals surface area contributed by atoms with Gasteiger partial charge in [-0.25, -0.2) is 4.98 Å². The fourth-order valence-corrected chi connectivity index (χ4v) is 3.06. The number of hydrogen-bond acceptors (Lipinski definition) is 5. The number of nitrogens with one attached hydrogen (secondary N) is 1. The first-order valence-corrected chi connectivity index (χ1v) is 10.5. The number of nitrogens with zero attached hydrogens (tertiary/aromatic N) is 1. The smallest absolute Gasteiger partial charge is 0.416 e. The fourth-order valence-electron chi connectivity index (χ4n) is 3.06. The van der Waals surface area contributed by atoms with Crippen molar-refractivity contribution in [1.82, 2.24) is 4.98 Å². The summed E-state index contributed by atoms with van der Waals surface area (Å²) in [6, 6.07) is 14.4. The maximum absolute atomic E-state index is 12.6. The summed E-state index contributed by atoms with van der Waals surface area (Å²) in [5.74, 6) is -0.219. The Morgan fingerprint density at radius 1 is 1.00 bits per heavy atom. The molecule has 0 aliphatic rings. The minimum atomic E-state index is -4.44. The second-order valence-corrected chi connectivity index (χ2v) is 7.52. The summed E-state index contributed by atoms with van der Waals surface area (Å²) in [4.78, 5) is 28.2. The van der Waals surface area contributed by atoms with Crippen LogP contribution in [0.3, 0.4) is 0 Å². The van der Waals surface area contributed by atoms with Crippen LogP contribution in [0.1, 0.15) is 35.3 Å². The van der Waals surface area contributed by atoms with Gasteiger partial charge in [-0.15, -0.1) is 0 Å². The molecule has 1 atom stereocenters. The van der Waals surface area contributed by atoms with Gasteiger partial charge in [-0.3, -0.25) is 9.59 Å². The van der Waals surface area contributed by atoms with Crippen molar-refractivity contribution in [2.75, 3.05) is 11.9 Å². The van der Waals surface area contributed by atoms with E-state index in [1.165, 1.54) is 30.5 Å². The van der Waals surface area contributed by atoms with Crippen LogP contribution in [0.25, 0.3) is 0 Å². The topological polar surface area (TPSA) is 77.5 Å². The molecule has 0 bridgehead atoms. The zero-order chi connectivity index (χ0) is 24.7. The molecule has 1 unspecified atom stereocenters. The van der Waals surface area contributed by atoms with Crippen LogP contribution in [0, 0.1) is 5.92 Å². The van der Waals surface area contributed by atoms with Crippen molar-refractivity contribution in [2.45, 2.75) is 26.4 Å². The Labute approximate surface area is 194 Å². The summed E-state index contributed by atoms with van der Waals surface area (Å²) < 4.78 is 48.6. The highest BCUT2D eigenvalue weighted by molar-refractivity contribution is 6.04. The van der Waals surface area contributed by atoms with E-state index in [-0.39, 0.29) is 29.0 Å². The van der Waals surface area contributed by atoms with E-state index in [0.717, 1.165) is 17.7 Å².